The molecule has 0 fully saturated rings. The number of aliphatic carboxylic acids is 1. The second kappa shape index (κ2) is 4.79. The lowest BCUT2D eigenvalue weighted by molar-refractivity contribution is -0.136. The molecule has 0 aliphatic rings. The molecule has 0 atom stereocenters. The van der Waals surface area contributed by atoms with E-state index in [9.17, 15) is 18.0 Å². The molecule has 0 aliphatic heterocycles. The van der Waals surface area contributed by atoms with Gasteiger partial charge in [0.25, 0.3) is 0 Å². The Balaban J connectivity index is 2.42. The number of pyridine rings is 1. The molecule has 102 valence electrons. The van der Waals surface area contributed by atoms with Gasteiger partial charge in [0, 0.05) is 6.20 Å². The number of rotatable bonds is 4. The second-order valence-corrected chi connectivity index (χ2v) is 3.83. The normalized spacial score (nSPS) is 11.7. The van der Waals surface area contributed by atoms with Crippen LogP contribution in [-0.2, 0) is 4.79 Å². The van der Waals surface area contributed by atoms with Crippen LogP contribution in [0, 0.1) is 0 Å². The molecule has 19 heavy (non-hydrogen) atoms. The lowest BCUT2D eigenvalue weighted by atomic mass is 10.3. The molecular weight excluding hydrogens is 265 g/mol. The van der Waals surface area contributed by atoms with Gasteiger partial charge in [0.2, 0.25) is 0 Å². The molecule has 0 amide bonds. The molecule has 0 saturated carbocycles. The van der Waals surface area contributed by atoms with Gasteiger partial charge in [-0.25, -0.2) is 4.98 Å². The minimum absolute atomic E-state index is 0.0639. The highest BCUT2D eigenvalue weighted by atomic mass is 19.4. The van der Waals surface area contributed by atoms with E-state index in [2.05, 4.69) is 4.98 Å². The van der Waals surface area contributed by atoms with Gasteiger partial charge in [0.05, 0.1) is 11.6 Å². The van der Waals surface area contributed by atoms with Gasteiger partial charge >= 0.3 is 12.1 Å². The van der Waals surface area contributed by atoms with Crippen molar-refractivity contribution in [1.29, 1.82) is 0 Å². The summed E-state index contributed by atoms with van der Waals surface area (Å²) in [7, 11) is 0. The molecular formula is C11H9F3N2O3. The van der Waals surface area contributed by atoms with Crippen LogP contribution >= 0.6 is 0 Å². The second-order valence-electron chi connectivity index (χ2n) is 3.83. The molecule has 0 spiro atoms. The zero-order chi connectivity index (χ0) is 14.0. The summed E-state index contributed by atoms with van der Waals surface area (Å²) in [6.45, 7) is -2.19. The average Bonchev–Trinajstić information content (AvgIpc) is 2.72. The standard InChI is InChI=1S/C11H9F3N2O3/c12-11(13,14)6-16(5-9(17)18)10-7-2-4-19-8(7)1-3-15-10/h1-4H,5-6H2,(H,17,18). The van der Waals surface area contributed by atoms with Crippen molar-refractivity contribution in [3.63, 3.8) is 0 Å². The Morgan fingerprint density at radius 3 is 2.79 bits per heavy atom. The summed E-state index contributed by atoms with van der Waals surface area (Å²) in [4.78, 5) is 15.2. The third-order valence-electron chi connectivity index (χ3n) is 2.35. The van der Waals surface area contributed by atoms with Gasteiger partial charge in [-0.3, -0.25) is 4.79 Å². The topological polar surface area (TPSA) is 66.6 Å². The van der Waals surface area contributed by atoms with Gasteiger partial charge in [-0.15, -0.1) is 0 Å². The van der Waals surface area contributed by atoms with E-state index >= 15 is 0 Å². The molecule has 0 unspecified atom stereocenters. The highest BCUT2D eigenvalue weighted by molar-refractivity contribution is 5.89. The number of fused-ring (bicyclic) bond motifs is 1. The number of hydrogen-bond donors (Lipinski definition) is 1. The summed E-state index contributed by atoms with van der Waals surface area (Å²) in [5, 5.41) is 9.05. The van der Waals surface area contributed by atoms with Crippen molar-refractivity contribution in [2.45, 2.75) is 6.18 Å². The van der Waals surface area contributed by atoms with Gasteiger partial charge in [0.1, 0.15) is 24.5 Å². The average molecular weight is 274 g/mol. The third kappa shape index (κ3) is 3.15. The first-order valence-electron chi connectivity index (χ1n) is 5.22. The Morgan fingerprint density at radius 2 is 2.16 bits per heavy atom. The van der Waals surface area contributed by atoms with E-state index in [0.717, 1.165) is 0 Å². The number of nitrogens with zero attached hydrogens (tertiary/aromatic N) is 2. The van der Waals surface area contributed by atoms with E-state index in [4.69, 9.17) is 9.52 Å². The maximum absolute atomic E-state index is 12.5. The number of furan rings is 1. The number of carboxylic acids is 1. The van der Waals surface area contributed by atoms with Crippen LogP contribution in [0.15, 0.2) is 29.0 Å². The van der Waals surface area contributed by atoms with Crippen molar-refractivity contribution in [2.75, 3.05) is 18.0 Å². The summed E-state index contributed by atoms with van der Waals surface area (Å²) in [6.07, 6.45) is -1.95. The first-order valence-corrected chi connectivity index (χ1v) is 5.22. The highest BCUT2D eigenvalue weighted by Crippen LogP contribution is 2.27. The largest absolute Gasteiger partial charge is 0.480 e. The predicted octanol–water partition coefficient (Wildman–Crippen LogP) is 2.28. The highest BCUT2D eigenvalue weighted by Gasteiger charge is 2.33. The number of carbonyl (C=O) groups is 1. The van der Waals surface area contributed by atoms with Crippen LogP contribution in [-0.4, -0.2) is 35.3 Å². The Bertz CT molecular complexity index is 594. The first kappa shape index (κ1) is 13.2. The van der Waals surface area contributed by atoms with Crippen molar-refractivity contribution in [3.05, 3.63) is 24.6 Å². The van der Waals surface area contributed by atoms with E-state index < -0.39 is 25.2 Å². The Kier molecular flexibility index (Phi) is 3.32. The fourth-order valence-corrected chi connectivity index (χ4v) is 1.72. The molecule has 2 rings (SSSR count). The monoisotopic (exact) mass is 274 g/mol. The molecule has 0 bridgehead atoms. The minimum atomic E-state index is -4.52. The van der Waals surface area contributed by atoms with Crippen LogP contribution in [0.25, 0.3) is 11.0 Å². The van der Waals surface area contributed by atoms with Crippen molar-refractivity contribution in [2.24, 2.45) is 0 Å². The SMILES string of the molecule is O=C(O)CN(CC(F)(F)F)c1nccc2occc12. The lowest BCUT2D eigenvalue weighted by Gasteiger charge is -2.23. The van der Waals surface area contributed by atoms with Crippen LogP contribution in [0.2, 0.25) is 0 Å². The smallest absolute Gasteiger partial charge is 0.405 e. The third-order valence-corrected chi connectivity index (χ3v) is 2.35. The predicted molar refractivity (Wildman–Crippen MR) is 59.9 cm³/mol. The van der Waals surface area contributed by atoms with E-state index in [1.165, 1.54) is 24.6 Å². The van der Waals surface area contributed by atoms with E-state index in [-0.39, 0.29) is 5.82 Å². The van der Waals surface area contributed by atoms with Crippen LogP contribution in [0.3, 0.4) is 0 Å². The van der Waals surface area contributed by atoms with Crippen LogP contribution < -0.4 is 4.90 Å². The molecule has 8 heteroatoms. The number of alkyl halides is 3. The fraction of sp³-hybridized carbons (Fsp3) is 0.273. The molecule has 5 nitrogen and oxygen atoms in total. The van der Waals surface area contributed by atoms with Gasteiger partial charge in [-0.05, 0) is 12.1 Å². The zero-order valence-electron chi connectivity index (χ0n) is 9.52. The van der Waals surface area contributed by atoms with Crippen molar-refractivity contribution < 1.29 is 27.5 Å². The number of hydrogen-bond acceptors (Lipinski definition) is 4. The van der Waals surface area contributed by atoms with E-state index in [1.54, 1.807) is 0 Å². The summed E-state index contributed by atoms with van der Waals surface area (Å²) in [5.74, 6) is -1.43. The van der Waals surface area contributed by atoms with Gasteiger partial charge in [-0.2, -0.15) is 13.2 Å². The maximum atomic E-state index is 12.5. The number of carboxylic acid groups (broad SMARTS) is 1. The summed E-state index contributed by atoms with van der Waals surface area (Å²) in [6, 6.07) is 2.94. The molecule has 2 heterocycles. The number of aromatic nitrogens is 1. The molecule has 1 N–H and O–H groups in total. The van der Waals surface area contributed by atoms with Gasteiger partial charge < -0.3 is 14.4 Å². The van der Waals surface area contributed by atoms with Crippen LogP contribution in [0.1, 0.15) is 0 Å². The maximum Gasteiger partial charge on any atom is 0.405 e. The van der Waals surface area contributed by atoms with Crippen LogP contribution in [0.4, 0.5) is 19.0 Å². The van der Waals surface area contributed by atoms with E-state index in [0.29, 0.717) is 15.9 Å². The van der Waals surface area contributed by atoms with E-state index in [1.807, 2.05) is 0 Å². The summed E-state index contributed by atoms with van der Waals surface area (Å²) < 4.78 is 42.5. The van der Waals surface area contributed by atoms with Gasteiger partial charge in [-0.1, -0.05) is 0 Å². The number of anilines is 1. The molecule has 2 aromatic heterocycles. The zero-order valence-corrected chi connectivity index (χ0v) is 9.52. The molecule has 0 radical (unpaired) electrons. The Labute approximate surface area is 105 Å². The fourth-order valence-electron chi connectivity index (χ4n) is 1.72. The molecule has 0 aliphatic carbocycles. The molecule has 2 aromatic rings. The Morgan fingerprint density at radius 1 is 1.42 bits per heavy atom. The van der Waals surface area contributed by atoms with Crippen molar-refractivity contribution in [1.82, 2.24) is 4.98 Å². The number of halogens is 3. The molecule has 0 aromatic carbocycles. The van der Waals surface area contributed by atoms with Crippen molar-refractivity contribution in [3.8, 4) is 0 Å². The lowest BCUT2D eigenvalue weighted by Crippen LogP contribution is -2.38. The molecule has 0 saturated heterocycles. The summed E-state index contributed by atoms with van der Waals surface area (Å²) in [5.41, 5.74) is 0.350. The van der Waals surface area contributed by atoms with Crippen molar-refractivity contribution >= 4 is 22.8 Å². The first-order chi connectivity index (χ1) is 8.87. The quantitative estimate of drug-likeness (QED) is 0.926. The summed E-state index contributed by atoms with van der Waals surface area (Å²) >= 11 is 0. The van der Waals surface area contributed by atoms with Gasteiger partial charge in [0.15, 0.2) is 0 Å². The minimum Gasteiger partial charge on any atom is -0.480 e. The van der Waals surface area contributed by atoms with Crippen LogP contribution in [0.5, 0.6) is 0 Å². The Hall–Kier alpha value is -2.25.